The number of anilines is 1. The van der Waals surface area contributed by atoms with E-state index in [1.807, 2.05) is 0 Å². The summed E-state index contributed by atoms with van der Waals surface area (Å²) < 4.78 is 15.2. The predicted octanol–water partition coefficient (Wildman–Crippen LogP) is 1.13. The van der Waals surface area contributed by atoms with Crippen molar-refractivity contribution in [3.63, 3.8) is 0 Å². The van der Waals surface area contributed by atoms with Crippen LogP contribution in [0.15, 0.2) is 6.20 Å². The van der Waals surface area contributed by atoms with Crippen LogP contribution in [-0.2, 0) is 15.6 Å². The predicted molar refractivity (Wildman–Crippen MR) is 85.0 cm³/mol. The van der Waals surface area contributed by atoms with Crippen LogP contribution in [0.25, 0.3) is 0 Å². The first-order valence-electron chi connectivity index (χ1n) is 6.90. The number of nitrogen functional groups attached to an aromatic ring is 1. The van der Waals surface area contributed by atoms with Crippen LogP contribution in [0.4, 0.5) is 5.82 Å². The second kappa shape index (κ2) is 7.25. The Morgan fingerprint density at radius 2 is 2.32 bits per heavy atom. The van der Waals surface area contributed by atoms with E-state index in [1.54, 1.807) is 24.9 Å². The zero-order valence-electron chi connectivity index (χ0n) is 12.5. The van der Waals surface area contributed by atoms with Crippen LogP contribution in [0.5, 0.6) is 0 Å². The summed E-state index contributed by atoms with van der Waals surface area (Å²) in [5, 5.41) is 0.263. The maximum Gasteiger partial charge on any atom is 0.469 e. The average molecular weight is 348 g/mol. The molecule has 0 aliphatic carbocycles. The first kappa shape index (κ1) is 17.7. The first-order valence-corrected chi connectivity index (χ1v) is 9.48. The van der Waals surface area contributed by atoms with Crippen LogP contribution in [0.1, 0.15) is 24.7 Å². The standard InChI is InChI=1S/C12H21N4O4PS/c1-8-11(3-4-20-21(17,18)19)22-7-16(8)6-10-5-14-9(2)15-12(10)13/h5,8,11H,3-4,6-7H2,1-2H3,(H2,13,14,15)(H2,17,18,19). The number of nitrogens with two attached hydrogens (primary N) is 1. The molecule has 1 saturated heterocycles. The molecule has 0 radical (unpaired) electrons. The number of phosphoric ester groups is 1. The highest BCUT2D eigenvalue weighted by Gasteiger charge is 2.32. The molecule has 1 aromatic rings. The van der Waals surface area contributed by atoms with E-state index in [2.05, 4.69) is 26.3 Å². The fourth-order valence-corrected chi connectivity index (χ4v) is 4.10. The third kappa shape index (κ3) is 4.91. The second-order valence-corrected chi connectivity index (χ2v) is 7.70. The molecule has 4 N–H and O–H groups in total. The van der Waals surface area contributed by atoms with E-state index in [9.17, 15) is 4.57 Å². The average Bonchev–Trinajstić information content (AvgIpc) is 2.73. The van der Waals surface area contributed by atoms with Gasteiger partial charge in [-0.05, 0) is 20.3 Å². The van der Waals surface area contributed by atoms with Gasteiger partial charge in [-0.15, -0.1) is 11.8 Å². The fraction of sp³-hybridized carbons (Fsp3) is 0.667. The van der Waals surface area contributed by atoms with E-state index >= 15 is 0 Å². The smallest absolute Gasteiger partial charge is 0.383 e. The van der Waals surface area contributed by atoms with Gasteiger partial charge in [-0.25, -0.2) is 14.5 Å². The van der Waals surface area contributed by atoms with Crippen LogP contribution >= 0.6 is 19.6 Å². The number of phosphoric acid groups is 1. The fourth-order valence-electron chi connectivity index (χ4n) is 2.34. The molecule has 2 unspecified atom stereocenters. The van der Waals surface area contributed by atoms with Gasteiger partial charge in [0.1, 0.15) is 11.6 Å². The highest BCUT2D eigenvalue weighted by atomic mass is 32.2. The van der Waals surface area contributed by atoms with Crippen molar-refractivity contribution in [1.29, 1.82) is 0 Å². The third-order valence-corrected chi connectivity index (χ3v) is 5.68. The summed E-state index contributed by atoms with van der Waals surface area (Å²) in [6.07, 6.45) is 2.34. The molecule has 0 spiro atoms. The minimum Gasteiger partial charge on any atom is -0.383 e. The number of aromatic nitrogens is 2. The quantitative estimate of drug-likeness (QED) is 0.649. The van der Waals surface area contributed by atoms with Crippen LogP contribution in [0, 0.1) is 6.92 Å². The summed E-state index contributed by atoms with van der Waals surface area (Å²) in [6, 6.07) is 0.256. The number of hydrogen-bond acceptors (Lipinski definition) is 7. The highest BCUT2D eigenvalue weighted by molar-refractivity contribution is 8.00. The van der Waals surface area contributed by atoms with Crippen molar-refractivity contribution >= 4 is 25.4 Å². The lowest BCUT2D eigenvalue weighted by atomic mass is 10.1. The van der Waals surface area contributed by atoms with E-state index in [4.69, 9.17) is 15.5 Å². The molecule has 2 rings (SSSR count). The van der Waals surface area contributed by atoms with Crippen molar-refractivity contribution in [3.8, 4) is 0 Å². The van der Waals surface area contributed by atoms with Gasteiger partial charge in [-0.2, -0.15) is 0 Å². The maximum absolute atomic E-state index is 10.7. The van der Waals surface area contributed by atoms with Crippen LogP contribution in [0.3, 0.4) is 0 Å². The lowest BCUT2D eigenvalue weighted by Gasteiger charge is -2.23. The minimum absolute atomic E-state index is 0.0515. The van der Waals surface area contributed by atoms with Gasteiger partial charge in [0.05, 0.1) is 6.61 Å². The summed E-state index contributed by atoms with van der Waals surface area (Å²) in [4.78, 5) is 28.0. The molecule has 1 aliphatic rings. The Morgan fingerprint density at radius 3 is 2.95 bits per heavy atom. The molecule has 0 saturated carbocycles. The summed E-state index contributed by atoms with van der Waals surface area (Å²) in [7, 11) is -4.38. The Balaban J connectivity index is 1.88. The Labute approximate surface area is 133 Å². The van der Waals surface area contributed by atoms with Crippen LogP contribution in [0.2, 0.25) is 0 Å². The largest absolute Gasteiger partial charge is 0.469 e. The number of hydrogen-bond donors (Lipinski definition) is 3. The zero-order valence-corrected chi connectivity index (χ0v) is 14.3. The molecule has 0 bridgehead atoms. The normalized spacial score (nSPS) is 23.1. The van der Waals surface area contributed by atoms with E-state index < -0.39 is 7.82 Å². The van der Waals surface area contributed by atoms with Crippen LogP contribution in [-0.4, -0.2) is 48.4 Å². The number of thioether (sulfide) groups is 1. The zero-order chi connectivity index (χ0) is 16.3. The molecule has 10 heteroatoms. The SMILES string of the molecule is Cc1ncc(CN2CSC(CCOP(=O)(O)O)C2C)c(N)n1. The van der Waals surface area contributed by atoms with Crippen molar-refractivity contribution in [2.24, 2.45) is 0 Å². The molecule has 1 aliphatic heterocycles. The van der Waals surface area contributed by atoms with Gasteiger partial charge in [-0.1, -0.05) is 0 Å². The van der Waals surface area contributed by atoms with Crippen molar-refractivity contribution < 1.29 is 18.9 Å². The Hall–Kier alpha value is -0.700. The second-order valence-electron chi connectivity index (χ2n) is 5.26. The topological polar surface area (TPSA) is 122 Å². The summed E-state index contributed by atoms with van der Waals surface area (Å²) in [5.41, 5.74) is 6.81. The summed E-state index contributed by atoms with van der Waals surface area (Å²) in [6.45, 7) is 4.60. The van der Waals surface area contributed by atoms with E-state index in [-0.39, 0.29) is 17.9 Å². The van der Waals surface area contributed by atoms with Gasteiger partial charge in [0.15, 0.2) is 0 Å². The van der Waals surface area contributed by atoms with Gasteiger partial charge in [0, 0.05) is 35.5 Å². The molecule has 0 aromatic carbocycles. The summed E-state index contributed by atoms with van der Waals surface area (Å²) >= 11 is 1.75. The first-order chi connectivity index (χ1) is 10.3. The monoisotopic (exact) mass is 348 g/mol. The number of aryl methyl sites for hydroxylation is 1. The number of rotatable bonds is 6. The molecule has 0 amide bonds. The molecule has 2 atom stereocenters. The van der Waals surface area contributed by atoms with Crippen molar-refractivity contribution in [3.05, 3.63) is 17.6 Å². The molecule has 124 valence electrons. The molecule has 22 heavy (non-hydrogen) atoms. The molecule has 8 nitrogen and oxygen atoms in total. The van der Waals surface area contributed by atoms with Gasteiger partial charge >= 0.3 is 7.82 Å². The molecule has 2 heterocycles. The lowest BCUT2D eigenvalue weighted by Crippen LogP contribution is -2.32. The van der Waals surface area contributed by atoms with Crippen molar-refractivity contribution in [2.75, 3.05) is 18.2 Å². The Morgan fingerprint density at radius 1 is 1.59 bits per heavy atom. The van der Waals surface area contributed by atoms with Gasteiger partial charge in [0.2, 0.25) is 0 Å². The van der Waals surface area contributed by atoms with E-state index in [1.165, 1.54) is 0 Å². The van der Waals surface area contributed by atoms with E-state index in [0.29, 0.717) is 24.6 Å². The summed E-state index contributed by atoms with van der Waals surface area (Å²) in [5.74, 6) is 1.98. The van der Waals surface area contributed by atoms with E-state index in [0.717, 1.165) is 11.4 Å². The molecular weight excluding hydrogens is 327 g/mol. The molecular formula is C12H21N4O4PS. The third-order valence-electron chi connectivity index (χ3n) is 3.62. The maximum atomic E-state index is 10.7. The van der Waals surface area contributed by atoms with Gasteiger partial charge in [-0.3, -0.25) is 9.42 Å². The van der Waals surface area contributed by atoms with Crippen molar-refractivity contribution in [2.45, 2.75) is 38.1 Å². The Bertz CT molecular complexity index is 570. The minimum atomic E-state index is -4.38. The highest BCUT2D eigenvalue weighted by Crippen LogP contribution is 2.38. The van der Waals surface area contributed by atoms with Gasteiger partial charge < -0.3 is 15.5 Å². The molecule has 1 fully saturated rings. The van der Waals surface area contributed by atoms with Crippen molar-refractivity contribution in [1.82, 2.24) is 14.9 Å². The lowest BCUT2D eigenvalue weighted by molar-refractivity contribution is 0.185. The van der Waals surface area contributed by atoms with Gasteiger partial charge in [0.25, 0.3) is 0 Å². The number of nitrogens with zero attached hydrogens (tertiary/aromatic N) is 3. The van der Waals surface area contributed by atoms with Crippen LogP contribution < -0.4 is 5.73 Å². The Kier molecular flexibility index (Phi) is 5.81. The molecule has 1 aromatic heterocycles.